The van der Waals surface area contributed by atoms with Gasteiger partial charge >= 0.3 is 5.97 Å². The number of carbonyl (C=O) groups is 2. The summed E-state index contributed by atoms with van der Waals surface area (Å²) in [7, 11) is 0. The molecule has 0 fully saturated rings. The van der Waals surface area contributed by atoms with Crippen LogP contribution in [-0.2, 0) is 9.59 Å². The Bertz CT molecular complexity index is 502. The summed E-state index contributed by atoms with van der Waals surface area (Å²) in [5.41, 5.74) is 0.298. The van der Waals surface area contributed by atoms with E-state index >= 15 is 0 Å². The number of carboxylic acids is 1. The summed E-state index contributed by atoms with van der Waals surface area (Å²) in [4.78, 5) is 21.7. The normalized spacial score (nSPS) is 12.9. The summed E-state index contributed by atoms with van der Waals surface area (Å²) in [6, 6.07) is 3.03. The third-order valence-corrected chi connectivity index (χ3v) is 2.53. The average molecular weight is 272 g/mol. The smallest absolute Gasteiger partial charge is 0.312 e. The van der Waals surface area contributed by atoms with Crippen LogP contribution < -0.4 is 14.8 Å². The number of benzene rings is 1. The van der Waals surface area contributed by atoms with Gasteiger partial charge in [0.15, 0.2) is 11.5 Å². The number of hydrogen-bond acceptors (Lipinski definition) is 4. The van der Waals surface area contributed by atoms with Gasteiger partial charge in [-0.25, -0.2) is 0 Å². The van der Waals surface area contributed by atoms with Crippen LogP contribution in [0.15, 0.2) is 12.1 Å². The van der Waals surface area contributed by atoms with Crippen LogP contribution in [0.4, 0.5) is 5.69 Å². The molecule has 7 heteroatoms. The lowest BCUT2D eigenvalue weighted by Gasteiger charge is -2.19. The largest absolute Gasteiger partial charge is 0.486 e. The molecule has 18 heavy (non-hydrogen) atoms. The van der Waals surface area contributed by atoms with Crippen LogP contribution in [0.25, 0.3) is 0 Å². The van der Waals surface area contributed by atoms with Crippen molar-refractivity contribution in [2.45, 2.75) is 6.42 Å². The zero-order valence-corrected chi connectivity index (χ0v) is 9.99. The van der Waals surface area contributed by atoms with Crippen molar-refractivity contribution in [2.24, 2.45) is 0 Å². The molecule has 0 aliphatic carbocycles. The lowest BCUT2D eigenvalue weighted by molar-refractivity contribution is -0.139. The molecule has 0 atom stereocenters. The lowest BCUT2D eigenvalue weighted by Crippen LogP contribution is -2.18. The minimum atomic E-state index is -1.21. The molecule has 0 bridgehead atoms. The molecule has 0 saturated heterocycles. The highest BCUT2D eigenvalue weighted by molar-refractivity contribution is 6.34. The molecule has 0 unspecified atom stereocenters. The maximum absolute atomic E-state index is 11.3. The molecule has 0 radical (unpaired) electrons. The fourth-order valence-corrected chi connectivity index (χ4v) is 1.69. The summed E-state index contributed by atoms with van der Waals surface area (Å²) in [6.07, 6.45) is -0.620. The van der Waals surface area contributed by atoms with E-state index in [0.29, 0.717) is 30.4 Å². The van der Waals surface area contributed by atoms with E-state index in [1.54, 1.807) is 0 Å². The van der Waals surface area contributed by atoms with Crippen LogP contribution in [-0.4, -0.2) is 30.2 Å². The summed E-state index contributed by atoms with van der Waals surface area (Å²) in [6.45, 7) is 0.852. The second-order valence-corrected chi connectivity index (χ2v) is 4.00. The predicted molar refractivity (Wildman–Crippen MR) is 63.3 cm³/mol. The Kier molecular flexibility index (Phi) is 3.57. The van der Waals surface area contributed by atoms with Gasteiger partial charge in [-0.2, -0.15) is 0 Å². The van der Waals surface area contributed by atoms with E-state index in [2.05, 4.69) is 5.32 Å². The molecule has 1 aliphatic rings. The summed E-state index contributed by atoms with van der Waals surface area (Å²) >= 11 is 5.94. The first-order valence-electron chi connectivity index (χ1n) is 5.17. The maximum Gasteiger partial charge on any atom is 0.312 e. The van der Waals surface area contributed by atoms with Gasteiger partial charge in [0.25, 0.3) is 0 Å². The quantitative estimate of drug-likeness (QED) is 0.814. The van der Waals surface area contributed by atoms with Crippen LogP contribution in [0.3, 0.4) is 0 Å². The highest BCUT2D eigenvalue weighted by Gasteiger charge is 2.17. The Labute approximate surface area is 107 Å². The molecule has 2 N–H and O–H groups in total. The van der Waals surface area contributed by atoms with E-state index in [-0.39, 0.29) is 5.02 Å². The molecule has 1 heterocycles. The van der Waals surface area contributed by atoms with Crippen molar-refractivity contribution >= 4 is 29.2 Å². The maximum atomic E-state index is 11.3. The van der Waals surface area contributed by atoms with Gasteiger partial charge in [0.1, 0.15) is 19.6 Å². The van der Waals surface area contributed by atoms with Crippen molar-refractivity contribution in [3.8, 4) is 11.5 Å². The summed E-state index contributed by atoms with van der Waals surface area (Å²) in [5.74, 6) is -0.888. The van der Waals surface area contributed by atoms with Gasteiger partial charge in [0, 0.05) is 12.1 Å². The molecule has 0 aromatic heterocycles. The molecular formula is C11H10ClNO5. The Balaban J connectivity index is 2.18. The lowest BCUT2D eigenvalue weighted by atomic mass is 10.2. The number of fused-ring (bicyclic) bond motifs is 1. The fourth-order valence-electron chi connectivity index (χ4n) is 1.49. The van der Waals surface area contributed by atoms with Gasteiger partial charge in [-0.05, 0) is 0 Å². The molecular weight excluding hydrogens is 262 g/mol. The molecule has 1 amide bonds. The molecule has 6 nitrogen and oxygen atoms in total. The summed E-state index contributed by atoms with van der Waals surface area (Å²) in [5, 5.41) is 11.2. The Hall–Kier alpha value is -1.95. The SMILES string of the molecule is O=C(O)CC(=O)Nc1cc2c(cc1Cl)OCCO2. The number of anilines is 1. The number of amides is 1. The first kappa shape index (κ1) is 12.5. The molecule has 0 spiro atoms. The zero-order chi connectivity index (χ0) is 13.1. The van der Waals surface area contributed by atoms with Crippen molar-refractivity contribution in [3.05, 3.63) is 17.2 Å². The Morgan fingerprint density at radius 3 is 2.50 bits per heavy atom. The van der Waals surface area contributed by atoms with Gasteiger partial charge < -0.3 is 19.9 Å². The average Bonchev–Trinajstić information content (AvgIpc) is 2.29. The van der Waals surface area contributed by atoms with Crippen molar-refractivity contribution < 1.29 is 24.2 Å². The second kappa shape index (κ2) is 5.14. The third kappa shape index (κ3) is 2.84. The van der Waals surface area contributed by atoms with Gasteiger partial charge in [-0.1, -0.05) is 11.6 Å². The number of hydrogen-bond donors (Lipinski definition) is 2. The molecule has 1 aromatic rings. The van der Waals surface area contributed by atoms with Gasteiger partial charge in [0.05, 0.1) is 10.7 Å². The van der Waals surface area contributed by atoms with Crippen LogP contribution in [0.5, 0.6) is 11.5 Å². The number of ether oxygens (including phenoxy) is 2. The van der Waals surface area contributed by atoms with E-state index in [1.807, 2.05) is 0 Å². The van der Waals surface area contributed by atoms with Crippen molar-refractivity contribution in [3.63, 3.8) is 0 Å². The number of rotatable bonds is 3. The molecule has 1 aromatic carbocycles. The Morgan fingerprint density at radius 1 is 1.28 bits per heavy atom. The van der Waals surface area contributed by atoms with Crippen LogP contribution in [0.1, 0.15) is 6.42 Å². The number of nitrogens with one attached hydrogen (secondary N) is 1. The van der Waals surface area contributed by atoms with Gasteiger partial charge in [-0.15, -0.1) is 0 Å². The summed E-state index contributed by atoms with van der Waals surface area (Å²) < 4.78 is 10.6. The minimum Gasteiger partial charge on any atom is -0.486 e. The molecule has 0 saturated carbocycles. The topological polar surface area (TPSA) is 84.9 Å². The van der Waals surface area contributed by atoms with E-state index in [0.717, 1.165) is 0 Å². The van der Waals surface area contributed by atoms with E-state index < -0.39 is 18.3 Å². The van der Waals surface area contributed by atoms with Crippen LogP contribution in [0, 0.1) is 0 Å². The number of halogens is 1. The first-order chi connectivity index (χ1) is 8.56. The van der Waals surface area contributed by atoms with E-state index in [1.165, 1.54) is 12.1 Å². The molecule has 96 valence electrons. The number of carboxylic acid groups (broad SMARTS) is 1. The molecule has 1 aliphatic heterocycles. The third-order valence-electron chi connectivity index (χ3n) is 2.22. The highest BCUT2D eigenvalue weighted by Crippen LogP contribution is 2.37. The van der Waals surface area contributed by atoms with Gasteiger partial charge in [-0.3, -0.25) is 9.59 Å². The van der Waals surface area contributed by atoms with Crippen molar-refractivity contribution in [1.82, 2.24) is 0 Å². The fraction of sp³-hybridized carbons (Fsp3) is 0.273. The predicted octanol–water partition coefficient (Wildman–Crippen LogP) is 1.52. The van der Waals surface area contributed by atoms with Crippen LogP contribution >= 0.6 is 11.6 Å². The van der Waals surface area contributed by atoms with E-state index in [4.69, 9.17) is 26.2 Å². The zero-order valence-electron chi connectivity index (χ0n) is 9.23. The number of aliphatic carboxylic acids is 1. The standard InChI is InChI=1S/C11H10ClNO5/c12-6-3-8-9(18-2-1-17-8)4-7(6)13-10(14)5-11(15)16/h3-4H,1-2,5H2,(H,13,14)(H,15,16). The van der Waals surface area contributed by atoms with Crippen LogP contribution in [0.2, 0.25) is 5.02 Å². The minimum absolute atomic E-state index is 0.262. The first-order valence-corrected chi connectivity index (χ1v) is 5.55. The number of carbonyl (C=O) groups excluding carboxylic acids is 1. The van der Waals surface area contributed by atoms with E-state index in [9.17, 15) is 9.59 Å². The van der Waals surface area contributed by atoms with Crippen molar-refractivity contribution in [2.75, 3.05) is 18.5 Å². The van der Waals surface area contributed by atoms with Gasteiger partial charge in [0.2, 0.25) is 5.91 Å². The second-order valence-electron chi connectivity index (χ2n) is 3.59. The highest BCUT2D eigenvalue weighted by atomic mass is 35.5. The molecule has 2 rings (SSSR count). The monoisotopic (exact) mass is 271 g/mol. The van der Waals surface area contributed by atoms with Crippen molar-refractivity contribution in [1.29, 1.82) is 0 Å². The Morgan fingerprint density at radius 2 is 1.89 bits per heavy atom.